The van der Waals surface area contributed by atoms with E-state index in [9.17, 15) is 8.78 Å². The van der Waals surface area contributed by atoms with Crippen LogP contribution in [0.25, 0.3) is 0 Å². The number of hydrogen-bond acceptors (Lipinski definition) is 2. The Labute approximate surface area is 86.1 Å². The summed E-state index contributed by atoms with van der Waals surface area (Å²) in [6.45, 7) is 0.118. The van der Waals surface area contributed by atoms with Crippen molar-refractivity contribution in [3.05, 3.63) is 35.4 Å². The summed E-state index contributed by atoms with van der Waals surface area (Å²) in [5.41, 5.74) is 0.121. The van der Waals surface area contributed by atoms with Gasteiger partial charge in [-0.3, -0.25) is 0 Å². The predicted molar refractivity (Wildman–Crippen MR) is 54.2 cm³/mol. The third-order valence-corrected chi connectivity index (χ3v) is 2.83. The molecule has 0 aromatic heterocycles. The predicted octanol–water partition coefficient (Wildman–Crippen LogP) is 2.58. The molecule has 1 rings (SSSR count). The first-order valence-corrected chi connectivity index (χ1v) is 5.52. The fourth-order valence-electron chi connectivity index (χ4n) is 1.01. The van der Waals surface area contributed by atoms with Gasteiger partial charge in [-0.15, -0.1) is 0 Å². The summed E-state index contributed by atoms with van der Waals surface area (Å²) >= 11 is 1.42. The van der Waals surface area contributed by atoms with Gasteiger partial charge in [-0.25, -0.2) is 8.78 Å². The van der Waals surface area contributed by atoms with Crippen molar-refractivity contribution in [1.82, 2.24) is 0 Å². The number of aliphatic hydroxyl groups excluding tert-OH is 1. The number of hydrogen-bond donors (Lipinski definition) is 1. The number of rotatable bonds is 5. The lowest BCUT2D eigenvalue weighted by atomic mass is 10.2. The Kier molecular flexibility index (Phi) is 4.90. The molecule has 0 spiro atoms. The van der Waals surface area contributed by atoms with Crippen LogP contribution in [0.15, 0.2) is 18.2 Å². The first-order valence-electron chi connectivity index (χ1n) is 4.37. The highest BCUT2D eigenvalue weighted by atomic mass is 32.2. The smallest absolute Gasteiger partial charge is 0.130 e. The Morgan fingerprint density at radius 2 is 1.86 bits per heavy atom. The van der Waals surface area contributed by atoms with Gasteiger partial charge in [-0.2, -0.15) is 11.8 Å². The average Bonchev–Trinajstić information content (AvgIpc) is 2.16. The molecular formula is C10H12F2OS. The fraction of sp³-hybridized carbons (Fsp3) is 0.400. The van der Waals surface area contributed by atoms with E-state index in [1.165, 1.54) is 30.0 Å². The van der Waals surface area contributed by atoms with E-state index < -0.39 is 11.6 Å². The minimum Gasteiger partial charge on any atom is -0.396 e. The monoisotopic (exact) mass is 218 g/mol. The molecular weight excluding hydrogens is 206 g/mol. The van der Waals surface area contributed by atoms with Crippen LogP contribution in [0.2, 0.25) is 0 Å². The SMILES string of the molecule is OCCCSCc1c(F)cccc1F. The summed E-state index contributed by atoms with van der Waals surface area (Å²) in [6.07, 6.45) is 0.654. The lowest BCUT2D eigenvalue weighted by molar-refractivity contribution is 0.296. The maximum atomic E-state index is 13.1. The highest BCUT2D eigenvalue weighted by Gasteiger charge is 2.07. The number of thioether (sulfide) groups is 1. The summed E-state index contributed by atoms with van der Waals surface area (Å²) in [5, 5.41) is 8.51. The number of halogens is 2. The maximum absolute atomic E-state index is 13.1. The molecule has 0 aliphatic carbocycles. The normalized spacial score (nSPS) is 10.5. The molecule has 0 radical (unpaired) electrons. The summed E-state index contributed by atoms with van der Waals surface area (Å²) in [7, 11) is 0. The van der Waals surface area contributed by atoms with Gasteiger partial charge in [0.15, 0.2) is 0 Å². The van der Waals surface area contributed by atoms with Crippen LogP contribution in [0.5, 0.6) is 0 Å². The summed E-state index contributed by atoms with van der Waals surface area (Å²) in [4.78, 5) is 0. The molecule has 1 nitrogen and oxygen atoms in total. The van der Waals surface area contributed by atoms with Gasteiger partial charge in [-0.05, 0) is 24.3 Å². The Morgan fingerprint density at radius 1 is 1.21 bits per heavy atom. The molecule has 14 heavy (non-hydrogen) atoms. The minimum absolute atomic E-state index is 0.118. The molecule has 4 heteroatoms. The van der Waals surface area contributed by atoms with Crippen molar-refractivity contribution in [1.29, 1.82) is 0 Å². The molecule has 0 saturated carbocycles. The molecule has 0 aliphatic heterocycles. The van der Waals surface area contributed by atoms with E-state index in [0.717, 1.165) is 0 Å². The highest BCUT2D eigenvalue weighted by Crippen LogP contribution is 2.19. The molecule has 0 unspecified atom stereocenters. The Bertz CT molecular complexity index is 271. The second-order valence-corrected chi connectivity index (χ2v) is 3.94. The van der Waals surface area contributed by atoms with Gasteiger partial charge in [0.2, 0.25) is 0 Å². The number of benzene rings is 1. The summed E-state index contributed by atoms with van der Waals surface area (Å²) in [5.74, 6) is 0.0333. The lowest BCUT2D eigenvalue weighted by Gasteiger charge is -2.03. The van der Waals surface area contributed by atoms with E-state index in [4.69, 9.17) is 5.11 Å². The van der Waals surface area contributed by atoms with Gasteiger partial charge in [0.1, 0.15) is 11.6 Å². The van der Waals surface area contributed by atoms with Gasteiger partial charge in [0.05, 0.1) is 0 Å². The van der Waals surface area contributed by atoms with Gasteiger partial charge < -0.3 is 5.11 Å². The maximum Gasteiger partial charge on any atom is 0.130 e. The molecule has 1 aromatic carbocycles. The van der Waals surface area contributed by atoms with Gasteiger partial charge >= 0.3 is 0 Å². The molecule has 0 bridgehead atoms. The number of aliphatic hydroxyl groups is 1. The molecule has 0 atom stereocenters. The Morgan fingerprint density at radius 3 is 2.43 bits per heavy atom. The van der Waals surface area contributed by atoms with Crippen molar-refractivity contribution in [3.63, 3.8) is 0 Å². The Balaban J connectivity index is 2.49. The van der Waals surface area contributed by atoms with E-state index in [-0.39, 0.29) is 12.2 Å². The first kappa shape index (κ1) is 11.5. The topological polar surface area (TPSA) is 20.2 Å². The fourth-order valence-corrected chi connectivity index (χ4v) is 1.97. The van der Waals surface area contributed by atoms with Crippen molar-refractivity contribution < 1.29 is 13.9 Å². The largest absolute Gasteiger partial charge is 0.396 e. The van der Waals surface area contributed by atoms with Crippen LogP contribution >= 0.6 is 11.8 Å². The van der Waals surface area contributed by atoms with E-state index in [0.29, 0.717) is 17.9 Å². The van der Waals surface area contributed by atoms with Crippen LogP contribution < -0.4 is 0 Å². The third-order valence-electron chi connectivity index (χ3n) is 1.75. The Hall–Kier alpha value is -0.610. The zero-order valence-electron chi connectivity index (χ0n) is 7.67. The molecule has 1 aromatic rings. The van der Waals surface area contributed by atoms with Crippen molar-refractivity contribution in [2.24, 2.45) is 0 Å². The van der Waals surface area contributed by atoms with Crippen molar-refractivity contribution in [2.45, 2.75) is 12.2 Å². The third kappa shape index (κ3) is 3.27. The van der Waals surface area contributed by atoms with Crippen LogP contribution in [0.4, 0.5) is 8.78 Å². The van der Waals surface area contributed by atoms with Crippen molar-refractivity contribution in [3.8, 4) is 0 Å². The second kappa shape index (κ2) is 5.98. The molecule has 0 aliphatic rings. The zero-order valence-corrected chi connectivity index (χ0v) is 8.49. The van der Waals surface area contributed by atoms with Crippen LogP contribution in [0, 0.1) is 11.6 Å². The zero-order chi connectivity index (χ0) is 10.4. The van der Waals surface area contributed by atoms with Gasteiger partial charge in [-0.1, -0.05) is 6.07 Å². The molecule has 0 fully saturated rings. The van der Waals surface area contributed by atoms with E-state index in [1.54, 1.807) is 0 Å². The molecule has 0 saturated heterocycles. The lowest BCUT2D eigenvalue weighted by Crippen LogP contribution is -1.94. The van der Waals surface area contributed by atoms with Crippen LogP contribution in [0.1, 0.15) is 12.0 Å². The van der Waals surface area contributed by atoms with Crippen LogP contribution in [-0.4, -0.2) is 17.5 Å². The van der Waals surface area contributed by atoms with Crippen LogP contribution in [0.3, 0.4) is 0 Å². The van der Waals surface area contributed by atoms with Crippen LogP contribution in [-0.2, 0) is 5.75 Å². The van der Waals surface area contributed by atoms with E-state index in [2.05, 4.69) is 0 Å². The summed E-state index contributed by atoms with van der Waals surface area (Å²) < 4.78 is 26.1. The summed E-state index contributed by atoms with van der Waals surface area (Å²) in [6, 6.07) is 3.86. The standard InChI is InChI=1S/C10H12F2OS/c11-9-3-1-4-10(12)8(9)7-14-6-2-5-13/h1,3-4,13H,2,5-7H2. The minimum atomic E-state index is -0.499. The molecule has 1 N–H and O–H groups in total. The molecule has 0 amide bonds. The highest BCUT2D eigenvalue weighted by molar-refractivity contribution is 7.98. The average molecular weight is 218 g/mol. The quantitative estimate of drug-likeness (QED) is 0.766. The van der Waals surface area contributed by atoms with Gasteiger partial charge in [0.25, 0.3) is 0 Å². The second-order valence-electron chi connectivity index (χ2n) is 2.83. The van der Waals surface area contributed by atoms with E-state index in [1.807, 2.05) is 0 Å². The van der Waals surface area contributed by atoms with E-state index >= 15 is 0 Å². The van der Waals surface area contributed by atoms with Gasteiger partial charge in [0, 0.05) is 17.9 Å². The van der Waals surface area contributed by atoms with Crippen molar-refractivity contribution >= 4 is 11.8 Å². The molecule has 78 valence electrons. The molecule has 0 heterocycles. The van der Waals surface area contributed by atoms with Crippen molar-refractivity contribution in [2.75, 3.05) is 12.4 Å². The first-order chi connectivity index (χ1) is 6.75.